The standard InChI is InChI=1S/C22H17ClF5N3O4/c1-21(20(33)30-10-3-5-13(24)11(9-10)18(29)32)15(7-4-12(17(21)25)22(26,27)28)35-14-6-8-16(23)31-19(14)34-2/h3-9,15H,1-2H3,(H2,29,32)(H,30,33). The van der Waals surface area contributed by atoms with Gasteiger partial charge >= 0.3 is 6.18 Å². The molecule has 7 nitrogen and oxygen atoms in total. The monoisotopic (exact) mass is 517 g/mol. The summed E-state index contributed by atoms with van der Waals surface area (Å²) in [5, 5.41) is 2.21. The number of carbonyl (C=O) groups is 2. The van der Waals surface area contributed by atoms with Gasteiger partial charge in [-0.15, -0.1) is 0 Å². The smallest absolute Gasteiger partial charge is 0.418 e. The van der Waals surface area contributed by atoms with Gasteiger partial charge in [0.25, 0.3) is 11.8 Å². The van der Waals surface area contributed by atoms with Crippen LogP contribution in [-0.2, 0) is 4.79 Å². The summed E-state index contributed by atoms with van der Waals surface area (Å²) < 4.78 is 80.2. The lowest BCUT2D eigenvalue weighted by molar-refractivity contribution is -0.128. The second-order valence-electron chi connectivity index (χ2n) is 7.48. The Kier molecular flexibility index (Phi) is 7.06. The van der Waals surface area contributed by atoms with Gasteiger partial charge < -0.3 is 20.5 Å². The molecule has 0 saturated carbocycles. The third-order valence-corrected chi connectivity index (χ3v) is 5.42. The summed E-state index contributed by atoms with van der Waals surface area (Å²) in [5.41, 5.74) is 0.00649. The molecule has 0 bridgehead atoms. The van der Waals surface area contributed by atoms with Gasteiger partial charge in [0.15, 0.2) is 5.75 Å². The number of methoxy groups -OCH3 is 1. The van der Waals surface area contributed by atoms with E-state index in [9.17, 15) is 27.2 Å². The fourth-order valence-corrected chi connectivity index (χ4v) is 3.43. The van der Waals surface area contributed by atoms with Crippen molar-refractivity contribution in [3.63, 3.8) is 0 Å². The molecule has 186 valence electrons. The van der Waals surface area contributed by atoms with E-state index in [2.05, 4.69) is 10.3 Å². The first-order chi connectivity index (χ1) is 16.3. The molecule has 2 aromatic rings. The molecule has 2 atom stereocenters. The number of allylic oxidation sites excluding steroid dienone is 2. The average Bonchev–Trinajstić information content (AvgIpc) is 2.78. The van der Waals surface area contributed by atoms with Gasteiger partial charge in [-0.05, 0) is 49.4 Å². The van der Waals surface area contributed by atoms with E-state index >= 15 is 4.39 Å². The van der Waals surface area contributed by atoms with Crippen LogP contribution in [0.4, 0.5) is 27.6 Å². The highest BCUT2D eigenvalue weighted by Gasteiger charge is 2.53. The Labute approximate surface area is 200 Å². The topological polar surface area (TPSA) is 104 Å². The normalized spacial score (nSPS) is 19.9. The number of alkyl halides is 3. The van der Waals surface area contributed by atoms with Gasteiger partial charge in [0.2, 0.25) is 5.91 Å². The van der Waals surface area contributed by atoms with Crippen molar-refractivity contribution in [1.82, 2.24) is 4.98 Å². The van der Waals surface area contributed by atoms with E-state index in [-0.39, 0.29) is 22.5 Å². The number of nitrogens with two attached hydrogens (primary N) is 1. The predicted octanol–water partition coefficient (Wildman–Crippen LogP) is 4.73. The largest absolute Gasteiger partial charge is 0.479 e. The van der Waals surface area contributed by atoms with E-state index in [0.29, 0.717) is 6.08 Å². The van der Waals surface area contributed by atoms with Crippen LogP contribution in [0.25, 0.3) is 0 Å². The van der Waals surface area contributed by atoms with E-state index in [0.717, 1.165) is 31.2 Å². The lowest BCUT2D eigenvalue weighted by Gasteiger charge is -2.37. The van der Waals surface area contributed by atoms with Crippen LogP contribution in [0.2, 0.25) is 5.15 Å². The number of primary amides is 1. The quantitative estimate of drug-likeness (QED) is 0.426. The van der Waals surface area contributed by atoms with Gasteiger partial charge in [-0.2, -0.15) is 18.2 Å². The van der Waals surface area contributed by atoms with Crippen LogP contribution in [0.5, 0.6) is 11.6 Å². The Bertz CT molecular complexity index is 1250. The van der Waals surface area contributed by atoms with Gasteiger partial charge in [0, 0.05) is 5.69 Å². The fourth-order valence-electron chi connectivity index (χ4n) is 3.29. The Hall–Kier alpha value is -3.67. The molecule has 0 fully saturated rings. The predicted molar refractivity (Wildman–Crippen MR) is 115 cm³/mol. The number of pyridine rings is 1. The second-order valence-corrected chi connectivity index (χ2v) is 7.87. The van der Waals surface area contributed by atoms with Crippen molar-refractivity contribution >= 4 is 29.1 Å². The molecule has 1 aromatic carbocycles. The minimum absolute atomic E-state index is 0.0147. The zero-order valence-corrected chi connectivity index (χ0v) is 18.8. The number of anilines is 1. The maximum atomic E-state index is 15.4. The summed E-state index contributed by atoms with van der Waals surface area (Å²) in [7, 11) is 1.22. The van der Waals surface area contributed by atoms with Crippen molar-refractivity contribution in [2.75, 3.05) is 12.4 Å². The Balaban J connectivity index is 2.06. The molecule has 1 aromatic heterocycles. The lowest BCUT2D eigenvalue weighted by Crippen LogP contribution is -2.48. The Morgan fingerprint density at radius 2 is 1.89 bits per heavy atom. The fraction of sp³-hybridized carbons (Fsp3) is 0.227. The number of carbonyl (C=O) groups excluding carboxylic acids is 2. The molecular formula is C22H17ClF5N3O4. The molecule has 1 aliphatic carbocycles. The van der Waals surface area contributed by atoms with Crippen molar-refractivity contribution in [3.8, 4) is 11.6 Å². The van der Waals surface area contributed by atoms with E-state index < -0.39 is 52.3 Å². The molecular weight excluding hydrogens is 501 g/mol. The molecule has 35 heavy (non-hydrogen) atoms. The summed E-state index contributed by atoms with van der Waals surface area (Å²) in [4.78, 5) is 28.4. The number of ether oxygens (including phenoxy) is 2. The molecule has 1 aliphatic rings. The van der Waals surface area contributed by atoms with Crippen molar-refractivity contribution in [1.29, 1.82) is 0 Å². The summed E-state index contributed by atoms with van der Waals surface area (Å²) in [6.45, 7) is 0.895. The van der Waals surface area contributed by atoms with E-state index in [1.54, 1.807) is 0 Å². The Morgan fingerprint density at radius 1 is 1.20 bits per heavy atom. The first kappa shape index (κ1) is 25.9. The maximum Gasteiger partial charge on any atom is 0.418 e. The molecule has 1 heterocycles. The van der Waals surface area contributed by atoms with Crippen molar-refractivity contribution < 1.29 is 41.0 Å². The van der Waals surface area contributed by atoms with Crippen LogP contribution in [0.15, 0.2) is 53.9 Å². The van der Waals surface area contributed by atoms with Crippen LogP contribution >= 0.6 is 11.6 Å². The van der Waals surface area contributed by atoms with Gasteiger partial charge in [-0.3, -0.25) is 9.59 Å². The summed E-state index contributed by atoms with van der Waals surface area (Å²) in [6, 6.07) is 5.27. The lowest BCUT2D eigenvalue weighted by atomic mass is 9.76. The van der Waals surface area contributed by atoms with Gasteiger partial charge in [0.05, 0.1) is 18.2 Å². The van der Waals surface area contributed by atoms with Crippen LogP contribution in [0.3, 0.4) is 0 Å². The number of rotatable bonds is 6. The minimum atomic E-state index is -5.12. The first-order valence-electron chi connectivity index (χ1n) is 9.72. The number of hydrogen-bond acceptors (Lipinski definition) is 5. The van der Waals surface area contributed by atoms with Crippen LogP contribution in [0.1, 0.15) is 17.3 Å². The summed E-state index contributed by atoms with van der Waals surface area (Å²) in [6.07, 6.45) is -5.43. The van der Waals surface area contributed by atoms with Crippen LogP contribution < -0.4 is 20.5 Å². The molecule has 2 unspecified atom stereocenters. The highest BCUT2D eigenvalue weighted by molar-refractivity contribution is 6.29. The summed E-state index contributed by atoms with van der Waals surface area (Å²) in [5.74, 6) is -5.55. The van der Waals surface area contributed by atoms with Gasteiger partial charge in [-0.1, -0.05) is 11.6 Å². The maximum absolute atomic E-state index is 15.4. The molecule has 0 spiro atoms. The number of benzene rings is 1. The van der Waals surface area contributed by atoms with E-state index in [1.165, 1.54) is 19.2 Å². The van der Waals surface area contributed by atoms with Gasteiger partial charge in [0.1, 0.15) is 28.3 Å². The number of halogens is 6. The molecule has 3 rings (SSSR count). The molecule has 2 amide bonds. The number of nitrogens with one attached hydrogen (secondary N) is 1. The van der Waals surface area contributed by atoms with Crippen LogP contribution in [0, 0.1) is 11.2 Å². The first-order valence-corrected chi connectivity index (χ1v) is 10.1. The third kappa shape index (κ3) is 5.06. The van der Waals surface area contributed by atoms with Gasteiger partial charge in [-0.25, -0.2) is 8.78 Å². The molecule has 0 saturated heterocycles. The number of aromatic nitrogens is 1. The van der Waals surface area contributed by atoms with E-state index in [1.807, 2.05) is 0 Å². The van der Waals surface area contributed by atoms with Crippen molar-refractivity contribution in [3.05, 3.63) is 70.4 Å². The molecule has 13 heteroatoms. The zero-order valence-electron chi connectivity index (χ0n) is 18.0. The minimum Gasteiger partial charge on any atom is -0.479 e. The van der Waals surface area contributed by atoms with Crippen LogP contribution in [-0.4, -0.2) is 36.2 Å². The highest BCUT2D eigenvalue weighted by atomic mass is 35.5. The van der Waals surface area contributed by atoms with E-state index in [4.69, 9.17) is 26.8 Å². The summed E-state index contributed by atoms with van der Waals surface area (Å²) >= 11 is 5.80. The number of nitrogens with zero attached hydrogens (tertiary/aromatic N) is 1. The number of amides is 2. The SMILES string of the molecule is COc1nc(Cl)ccc1OC1C=CC(C(F)(F)F)=C(F)C1(C)C(=O)Nc1ccc(F)c(C(N)=O)c1. The molecule has 0 aliphatic heterocycles. The number of hydrogen-bond donors (Lipinski definition) is 2. The van der Waals surface area contributed by atoms with Crippen molar-refractivity contribution in [2.24, 2.45) is 11.1 Å². The highest BCUT2D eigenvalue weighted by Crippen LogP contribution is 2.46. The molecule has 3 N–H and O–H groups in total. The average molecular weight is 518 g/mol. The van der Waals surface area contributed by atoms with Crippen molar-refractivity contribution in [2.45, 2.75) is 19.2 Å². The second kappa shape index (κ2) is 9.53. The molecule has 0 radical (unpaired) electrons. The third-order valence-electron chi connectivity index (χ3n) is 5.20. The Morgan fingerprint density at radius 3 is 2.49 bits per heavy atom. The zero-order chi connectivity index (χ0) is 26.1.